The quantitative estimate of drug-likeness (QED) is 0.0720. The van der Waals surface area contributed by atoms with E-state index in [0.717, 1.165) is 5.56 Å². The lowest BCUT2D eigenvalue weighted by Gasteiger charge is -2.25. The summed E-state index contributed by atoms with van der Waals surface area (Å²) < 4.78 is 0. The molecule has 0 saturated carbocycles. The maximum atomic E-state index is 13.3. The van der Waals surface area contributed by atoms with Gasteiger partial charge >= 0.3 is 5.97 Å². The van der Waals surface area contributed by atoms with E-state index in [-0.39, 0.29) is 37.7 Å². The number of nitrogens with zero attached hydrogens (tertiary/aromatic N) is 1. The number of thioether (sulfide) groups is 1. The molecule has 4 unspecified atom stereocenters. The fourth-order valence-corrected chi connectivity index (χ4v) is 4.24. The molecule has 1 aromatic rings. The van der Waals surface area contributed by atoms with Crippen LogP contribution in [0.2, 0.25) is 0 Å². The summed E-state index contributed by atoms with van der Waals surface area (Å²) in [5.74, 6) is -2.25. The Morgan fingerprint density at radius 1 is 0.923 bits per heavy atom. The second kappa shape index (κ2) is 18.1. The van der Waals surface area contributed by atoms with Gasteiger partial charge < -0.3 is 38.3 Å². The number of hydrogen-bond donors (Lipinski definition) is 7. The minimum atomic E-state index is -1.19. The third-order valence-electron chi connectivity index (χ3n) is 5.78. The predicted molar refractivity (Wildman–Crippen MR) is 154 cm³/mol. The third-order valence-corrected chi connectivity index (χ3v) is 6.43. The molecule has 0 aliphatic rings. The Labute approximate surface area is 234 Å². The number of nitrogens with one attached hydrogen (secondary N) is 3. The van der Waals surface area contributed by atoms with Gasteiger partial charge in [-0.2, -0.15) is 11.8 Å². The van der Waals surface area contributed by atoms with Crippen LogP contribution >= 0.6 is 11.8 Å². The fraction of sp³-hybridized carbons (Fsp3) is 0.577. The molecule has 218 valence electrons. The largest absolute Gasteiger partial charge is 0.480 e. The number of carboxylic acids is 1. The maximum absolute atomic E-state index is 13.3. The van der Waals surface area contributed by atoms with Crippen LogP contribution in [0.1, 0.15) is 45.1 Å². The normalized spacial score (nSPS) is 14.0. The summed E-state index contributed by atoms with van der Waals surface area (Å²) in [6.07, 6.45) is 3.22. The minimum Gasteiger partial charge on any atom is -0.480 e. The van der Waals surface area contributed by atoms with Crippen molar-refractivity contribution in [3.8, 4) is 0 Å². The molecule has 0 heterocycles. The van der Waals surface area contributed by atoms with E-state index in [9.17, 15) is 24.3 Å². The minimum absolute atomic E-state index is 0.0856. The van der Waals surface area contributed by atoms with E-state index < -0.39 is 47.9 Å². The van der Waals surface area contributed by atoms with Gasteiger partial charge in [0.1, 0.15) is 18.1 Å². The van der Waals surface area contributed by atoms with Crippen molar-refractivity contribution in [1.29, 1.82) is 0 Å². The Morgan fingerprint density at radius 3 is 2.03 bits per heavy atom. The summed E-state index contributed by atoms with van der Waals surface area (Å²) in [6.45, 7) is 4.11. The summed E-state index contributed by atoms with van der Waals surface area (Å²) in [4.78, 5) is 54.9. The van der Waals surface area contributed by atoms with Crippen LogP contribution in [-0.2, 0) is 25.6 Å². The Bertz CT molecular complexity index is 957. The fourth-order valence-electron chi connectivity index (χ4n) is 3.77. The first kappa shape index (κ1) is 33.7. The molecule has 10 N–H and O–H groups in total. The van der Waals surface area contributed by atoms with Crippen molar-refractivity contribution < 1.29 is 24.3 Å². The predicted octanol–water partition coefficient (Wildman–Crippen LogP) is -0.0518. The number of nitrogens with two attached hydrogens (primary N) is 3. The van der Waals surface area contributed by atoms with Crippen molar-refractivity contribution in [2.24, 2.45) is 28.1 Å². The van der Waals surface area contributed by atoms with Gasteiger partial charge in [-0.3, -0.25) is 19.4 Å². The third kappa shape index (κ3) is 13.9. The summed E-state index contributed by atoms with van der Waals surface area (Å²) in [5, 5.41) is 17.6. The van der Waals surface area contributed by atoms with Gasteiger partial charge in [-0.15, -0.1) is 0 Å². The molecule has 12 nitrogen and oxygen atoms in total. The van der Waals surface area contributed by atoms with E-state index in [1.165, 1.54) is 11.8 Å². The van der Waals surface area contributed by atoms with Crippen molar-refractivity contribution in [2.45, 2.75) is 70.1 Å². The van der Waals surface area contributed by atoms with Crippen LogP contribution in [0.3, 0.4) is 0 Å². The number of rotatable bonds is 18. The smallest absolute Gasteiger partial charge is 0.326 e. The van der Waals surface area contributed by atoms with E-state index >= 15 is 0 Å². The molecule has 39 heavy (non-hydrogen) atoms. The van der Waals surface area contributed by atoms with E-state index in [2.05, 4.69) is 20.9 Å². The highest BCUT2D eigenvalue weighted by Crippen LogP contribution is 2.09. The van der Waals surface area contributed by atoms with Crippen LogP contribution in [0, 0.1) is 5.92 Å². The molecular formula is C26H43N7O5S. The summed E-state index contributed by atoms with van der Waals surface area (Å²) in [5.41, 5.74) is 17.5. The average Bonchev–Trinajstić information content (AvgIpc) is 2.87. The van der Waals surface area contributed by atoms with Crippen LogP contribution in [-0.4, -0.2) is 77.5 Å². The summed E-state index contributed by atoms with van der Waals surface area (Å²) in [7, 11) is 0. The monoisotopic (exact) mass is 565 g/mol. The maximum Gasteiger partial charge on any atom is 0.326 e. The number of aliphatic imine (C=N–C) groups is 1. The number of carboxylic acid groups (broad SMARTS) is 1. The molecule has 1 rings (SSSR count). The topological polar surface area (TPSA) is 215 Å². The standard InChI is InChI=1S/C26H43N7O5S/c1-16(2)14-18(27)22(34)31-19(10-7-12-30-26(28)29)23(35)32-20(11-13-39-3)24(36)33-21(25(37)38)15-17-8-5-4-6-9-17/h4-6,8-9,16,18-21H,7,10-15,27H2,1-3H3,(H,31,34)(H,32,35)(H,33,36)(H,37,38)(H4,28,29,30). The number of benzene rings is 1. The molecule has 0 bridgehead atoms. The van der Waals surface area contributed by atoms with E-state index in [1.54, 1.807) is 24.3 Å². The van der Waals surface area contributed by atoms with Gasteiger partial charge in [0, 0.05) is 13.0 Å². The SMILES string of the molecule is CSCCC(NC(=O)C(CCCN=C(N)N)NC(=O)C(N)CC(C)C)C(=O)NC(Cc1ccccc1)C(=O)O. The van der Waals surface area contributed by atoms with Gasteiger partial charge in [-0.1, -0.05) is 44.2 Å². The van der Waals surface area contributed by atoms with Crippen molar-refractivity contribution in [1.82, 2.24) is 16.0 Å². The number of carbonyl (C=O) groups is 4. The first-order valence-corrected chi connectivity index (χ1v) is 14.3. The second-order valence-electron chi connectivity index (χ2n) is 9.68. The Kier molecular flexibility index (Phi) is 15.6. The zero-order chi connectivity index (χ0) is 29.4. The lowest BCUT2D eigenvalue weighted by Crippen LogP contribution is -2.57. The van der Waals surface area contributed by atoms with Gasteiger partial charge in [0.25, 0.3) is 0 Å². The van der Waals surface area contributed by atoms with Crippen LogP contribution in [0.25, 0.3) is 0 Å². The van der Waals surface area contributed by atoms with Gasteiger partial charge in [0.15, 0.2) is 5.96 Å². The van der Waals surface area contributed by atoms with Crippen LogP contribution in [0.15, 0.2) is 35.3 Å². The average molecular weight is 566 g/mol. The lowest BCUT2D eigenvalue weighted by atomic mass is 10.0. The highest BCUT2D eigenvalue weighted by Gasteiger charge is 2.30. The Balaban J connectivity index is 3.02. The number of amides is 3. The van der Waals surface area contributed by atoms with Gasteiger partial charge in [0.2, 0.25) is 17.7 Å². The second-order valence-corrected chi connectivity index (χ2v) is 10.7. The molecule has 3 amide bonds. The van der Waals surface area contributed by atoms with Crippen LogP contribution < -0.4 is 33.2 Å². The lowest BCUT2D eigenvalue weighted by molar-refractivity contribution is -0.142. The van der Waals surface area contributed by atoms with Crippen molar-refractivity contribution >= 4 is 41.4 Å². The summed E-state index contributed by atoms with van der Waals surface area (Å²) in [6, 6.07) is 4.94. The molecule has 1 aromatic carbocycles. The van der Waals surface area contributed by atoms with Crippen LogP contribution in [0.5, 0.6) is 0 Å². The molecule has 0 spiro atoms. The van der Waals surface area contributed by atoms with Crippen LogP contribution in [0.4, 0.5) is 0 Å². The Morgan fingerprint density at radius 2 is 1.49 bits per heavy atom. The molecule has 0 aliphatic heterocycles. The molecule has 0 aliphatic carbocycles. The molecular weight excluding hydrogens is 522 g/mol. The number of guanidine groups is 1. The van der Waals surface area contributed by atoms with Gasteiger partial charge in [-0.25, -0.2) is 4.79 Å². The zero-order valence-corrected chi connectivity index (χ0v) is 23.7. The van der Waals surface area contributed by atoms with E-state index in [1.807, 2.05) is 26.2 Å². The van der Waals surface area contributed by atoms with Crippen molar-refractivity contribution in [3.05, 3.63) is 35.9 Å². The first-order valence-electron chi connectivity index (χ1n) is 12.9. The van der Waals surface area contributed by atoms with E-state index in [0.29, 0.717) is 18.6 Å². The number of aliphatic carboxylic acids is 1. The molecule has 0 radical (unpaired) electrons. The molecule has 0 aromatic heterocycles. The summed E-state index contributed by atoms with van der Waals surface area (Å²) >= 11 is 1.48. The number of hydrogen-bond acceptors (Lipinski definition) is 7. The van der Waals surface area contributed by atoms with Crippen molar-refractivity contribution in [3.63, 3.8) is 0 Å². The number of carbonyl (C=O) groups excluding carboxylic acids is 3. The zero-order valence-electron chi connectivity index (χ0n) is 22.9. The van der Waals surface area contributed by atoms with E-state index in [4.69, 9.17) is 17.2 Å². The first-order chi connectivity index (χ1) is 18.4. The van der Waals surface area contributed by atoms with Gasteiger partial charge in [0.05, 0.1) is 6.04 Å². The van der Waals surface area contributed by atoms with Gasteiger partial charge in [-0.05, 0) is 49.2 Å². The molecule has 4 atom stereocenters. The van der Waals surface area contributed by atoms with Crippen molar-refractivity contribution in [2.75, 3.05) is 18.6 Å². The molecule has 0 saturated heterocycles. The molecule has 13 heteroatoms. The molecule has 0 fully saturated rings. The Hall–Kier alpha value is -3.32. The highest BCUT2D eigenvalue weighted by atomic mass is 32.2. The highest BCUT2D eigenvalue weighted by molar-refractivity contribution is 7.98.